The van der Waals surface area contributed by atoms with Crippen LogP contribution < -0.4 is 16.0 Å². The lowest BCUT2D eigenvalue weighted by Crippen LogP contribution is -2.45. The zero-order chi connectivity index (χ0) is 20.2. The average Bonchev–Trinajstić information content (AvgIpc) is 2.86. The Kier molecular flexibility index (Phi) is 7.10. The molecule has 8 heteroatoms. The summed E-state index contributed by atoms with van der Waals surface area (Å²) in [7, 11) is 0. The van der Waals surface area contributed by atoms with Crippen molar-refractivity contribution in [3.8, 4) is 0 Å². The highest BCUT2D eigenvalue weighted by atomic mass is 35.5. The van der Waals surface area contributed by atoms with Crippen molar-refractivity contribution in [2.24, 2.45) is 0 Å². The number of benzene rings is 1. The molecule has 3 nitrogen and oxygen atoms in total. The van der Waals surface area contributed by atoms with E-state index in [-0.39, 0.29) is 12.6 Å². The van der Waals surface area contributed by atoms with E-state index in [1.807, 2.05) is 36.4 Å². The molecule has 1 atom stereocenters. The van der Waals surface area contributed by atoms with E-state index in [9.17, 15) is 13.2 Å². The van der Waals surface area contributed by atoms with Crippen LogP contribution in [0, 0.1) is 0 Å². The fourth-order valence-corrected chi connectivity index (χ4v) is 4.10. The van der Waals surface area contributed by atoms with Gasteiger partial charge in [-0.15, -0.1) is 0 Å². The predicted molar refractivity (Wildman–Crippen MR) is 108 cm³/mol. The van der Waals surface area contributed by atoms with Crippen LogP contribution in [0.25, 0.3) is 0 Å². The molecule has 3 N–H and O–H groups in total. The number of halogens is 5. The van der Waals surface area contributed by atoms with Crippen LogP contribution >= 0.6 is 23.2 Å². The van der Waals surface area contributed by atoms with Crippen LogP contribution in [0.4, 0.5) is 13.2 Å². The van der Waals surface area contributed by atoms with Crippen molar-refractivity contribution in [1.82, 2.24) is 16.0 Å². The predicted octanol–water partition coefficient (Wildman–Crippen LogP) is 4.22. The van der Waals surface area contributed by atoms with Crippen molar-refractivity contribution in [1.29, 1.82) is 0 Å². The van der Waals surface area contributed by atoms with Crippen LogP contribution in [0.5, 0.6) is 0 Å². The van der Waals surface area contributed by atoms with E-state index in [1.54, 1.807) is 0 Å². The van der Waals surface area contributed by atoms with Gasteiger partial charge in [-0.2, -0.15) is 13.2 Å². The summed E-state index contributed by atoms with van der Waals surface area (Å²) in [5.41, 5.74) is 4.35. The van der Waals surface area contributed by atoms with Gasteiger partial charge in [0.05, 0.1) is 12.6 Å². The molecule has 0 amide bonds. The van der Waals surface area contributed by atoms with Crippen LogP contribution in [-0.4, -0.2) is 36.2 Å². The summed E-state index contributed by atoms with van der Waals surface area (Å²) < 4.78 is 35.6. The topological polar surface area (TPSA) is 36.1 Å². The van der Waals surface area contributed by atoms with E-state index in [2.05, 4.69) is 16.0 Å². The van der Waals surface area contributed by atoms with E-state index < -0.39 is 17.1 Å². The highest BCUT2D eigenvalue weighted by molar-refractivity contribution is 6.50. The molecule has 1 aliphatic heterocycles. The van der Waals surface area contributed by atoms with Crippen LogP contribution in [-0.2, 0) is 13.1 Å². The minimum Gasteiger partial charge on any atom is -0.316 e. The van der Waals surface area contributed by atoms with Crippen molar-refractivity contribution >= 4 is 23.2 Å². The molecule has 0 fully saturated rings. The van der Waals surface area contributed by atoms with E-state index in [0.29, 0.717) is 6.54 Å². The number of hydrogen-bond donors (Lipinski definition) is 3. The Morgan fingerprint density at radius 3 is 2.36 bits per heavy atom. The van der Waals surface area contributed by atoms with Crippen molar-refractivity contribution < 1.29 is 13.2 Å². The monoisotopic (exact) mass is 433 g/mol. The van der Waals surface area contributed by atoms with Crippen LogP contribution in [0.1, 0.15) is 24.0 Å². The van der Waals surface area contributed by atoms with Crippen LogP contribution in [0.15, 0.2) is 47.6 Å². The molecule has 0 aromatic heterocycles. The second-order valence-corrected chi connectivity index (χ2v) is 8.60. The summed E-state index contributed by atoms with van der Waals surface area (Å²) in [6.07, 6.45) is 1.52. The molecule has 3 rings (SSSR count). The van der Waals surface area contributed by atoms with Crippen molar-refractivity contribution in [3.63, 3.8) is 0 Å². The Labute approximate surface area is 173 Å². The normalized spacial score (nSPS) is 22.1. The zero-order valence-electron chi connectivity index (χ0n) is 15.4. The van der Waals surface area contributed by atoms with Gasteiger partial charge in [0.15, 0.2) is 4.33 Å². The zero-order valence-corrected chi connectivity index (χ0v) is 16.9. The molecule has 1 aromatic carbocycles. The minimum atomic E-state index is -4.20. The molecule has 28 heavy (non-hydrogen) atoms. The standard InChI is InChI=1S/C20H24Cl2F3N3/c21-19(22)8-5-16-6-9-26-10-7-17(16)18(19)28-12-15-3-1-14(2-4-15)11-27-13-20(23,24)25/h1-5,8,18,26-28H,6-7,9-13H2. The van der Waals surface area contributed by atoms with Gasteiger partial charge in [-0.05, 0) is 54.3 Å². The molecular weight excluding hydrogens is 410 g/mol. The number of hydrogen-bond acceptors (Lipinski definition) is 3. The first-order valence-corrected chi connectivity index (χ1v) is 10.1. The Morgan fingerprint density at radius 1 is 1.04 bits per heavy atom. The van der Waals surface area contributed by atoms with Gasteiger partial charge in [0.2, 0.25) is 0 Å². The molecule has 1 aromatic rings. The Hall–Kier alpha value is -1.05. The summed E-state index contributed by atoms with van der Waals surface area (Å²) in [5, 5.41) is 9.26. The first-order valence-electron chi connectivity index (χ1n) is 9.33. The van der Waals surface area contributed by atoms with E-state index >= 15 is 0 Å². The number of allylic oxidation sites excluding steroid dienone is 1. The highest BCUT2D eigenvalue weighted by Gasteiger charge is 2.38. The fourth-order valence-electron chi connectivity index (χ4n) is 3.56. The molecule has 0 bridgehead atoms. The van der Waals surface area contributed by atoms with Gasteiger partial charge in [-0.1, -0.05) is 53.5 Å². The molecule has 2 aliphatic rings. The van der Waals surface area contributed by atoms with Crippen LogP contribution in [0.3, 0.4) is 0 Å². The minimum absolute atomic E-state index is 0.177. The maximum Gasteiger partial charge on any atom is 0.401 e. The lowest BCUT2D eigenvalue weighted by molar-refractivity contribution is -0.125. The lowest BCUT2D eigenvalue weighted by Gasteiger charge is -2.35. The van der Waals surface area contributed by atoms with Gasteiger partial charge in [0.25, 0.3) is 0 Å². The summed E-state index contributed by atoms with van der Waals surface area (Å²) in [6.45, 7) is 1.59. The van der Waals surface area contributed by atoms with E-state index in [4.69, 9.17) is 23.2 Å². The number of rotatable bonds is 6. The summed E-state index contributed by atoms with van der Waals surface area (Å²) in [5.74, 6) is 0. The molecule has 1 heterocycles. The molecule has 0 spiro atoms. The maximum atomic E-state index is 12.2. The molecule has 0 radical (unpaired) electrons. The molecule has 0 saturated heterocycles. The molecule has 154 valence electrons. The third-order valence-corrected chi connectivity index (χ3v) is 5.67. The van der Waals surface area contributed by atoms with Crippen molar-refractivity contribution in [2.45, 2.75) is 42.5 Å². The molecular formula is C20H24Cl2F3N3. The number of alkyl halides is 5. The summed E-state index contributed by atoms with van der Waals surface area (Å²) >= 11 is 13.1. The highest BCUT2D eigenvalue weighted by Crippen LogP contribution is 2.39. The van der Waals surface area contributed by atoms with Gasteiger partial charge in [-0.3, -0.25) is 0 Å². The Balaban J connectivity index is 1.59. The Morgan fingerprint density at radius 2 is 1.68 bits per heavy atom. The van der Waals surface area contributed by atoms with Gasteiger partial charge in [-0.25, -0.2) is 0 Å². The van der Waals surface area contributed by atoms with Gasteiger partial charge in [0.1, 0.15) is 0 Å². The second kappa shape index (κ2) is 9.18. The molecule has 1 unspecified atom stereocenters. The first-order chi connectivity index (χ1) is 13.2. The maximum absolute atomic E-state index is 12.2. The van der Waals surface area contributed by atoms with E-state index in [0.717, 1.165) is 37.1 Å². The van der Waals surface area contributed by atoms with Crippen molar-refractivity contribution in [2.75, 3.05) is 19.6 Å². The van der Waals surface area contributed by atoms with Gasteiger partial charge >= 0.3 is 6.18 Å². The average molecular weight is 434 g/mol. The van der Waals surface area contributed by atoms with Crippen molar-refractivity contribution in [3.05, 3.63) is 58.7 Å². The second-order valence-electron chi connectivity index (χ2n) is 7.16. The largest absolute Gasteiger partial charge is 0.401 e. The SMILES string of the molecule is FC(F)(F)CNCc1ccc(CNC2C3=C(C=CC2(Cl)Cl)CCNCC3)cc1. The van der Waals surface area contributed by atoms with Gasteiger partial charge < -0.3 is 16.0 Å². The molecule has 1 aliphatic carbocycles. The third-order valence-electron chi connectivity index (χ3n) is 4.98. The molecule has 0 saturated carbocycles. The Bertz CT molecular complexity index is 727. The fraction of sp³-hybridized carbons (Fsp3) is 0.500. The summed E-state index contributed by atoms with van der Waals surface area (Å²) in [4.78, 5) is 0. The number of nitrogens with one attached hydrogen (secondary N) is 3. The summed E-state index contributed by atoms with van der Waals surface area (Å²) in [6, 6.07) is 7.30. The van der Waals surface area contributed by atoms with Crippen LogP contribution in [0.2, 0.25) is 0 Å². The smallest absolute Gasteiger partial charge is 0.316 e. The third kappa shape index (κ3) is 5.97. The van der Waals surface area contributed by atoms with Gasteiger partial charge in [0, 0.05) is 13.1 Å². The first kappa shape index (κ1) is 21.7. The quantitative estimate of drug-likeness (QED) is 0.587. The lowest BCUT2D eigenvalue weighted by atomic mass is 9.88. The van der Waals surface area contributed by atoms with E-state index in [1.165, 1.54) is 11.1 Å².